The SMILES string of the molecule is CCC1(C)CC(c2ccc(C)c(C)c2)=NO1.CO.CO.CO.Cc1ccc(C2=NOC(C=O)(CC=O)C2)cc1C.Cc1ccc(C2=NOC(CC(=O)O)(C(=O)O)C2)cc1C.Cc1ccc(C2=NOC(CO)(CCO)C2)cc1C.Cc1ccc(C2=NOC3(CCOC3)C2)cc1C. The van der Waals surface area contributed by atoms with Gasteiger partial charge >= 0.3 is 11.9 Å². The van der Waals surface area contributed by atoms with Crippen LogP contribution in [0.3, 0.4) is 0 Å². The van der Waals surface area contributed by atoms with E-state index in [0.717, 1.165) is 104 Å². The van der Waals surface area contributed by atoms with Crippen LogP contribution in [0.15, 0.2) is 117 Å². The lowest BCUT2D eigenvalue weighted by Gasteiger charge is -2.22. The molecule has 5 aromatic rings. The van der Waals surface area contributed by atoms with Crippen molar-refractivity contribution in [1.82, 2.24) is 0 Å². The third-order valence-electron chi connectivity index (χ3n) is 17.5. The van der Waals surface area contributed by atoms with Crippen LogP contribution >= 0.6 is 0 Å². The van der Waals surface area contributed by atoms with Crippen LogP contribution < -0.4 is 0 Å². The topological polar surface area (TPSA) is 327 Å². The van der Waals surface area contributed by atoms with E-state index in [1.54, 1.807) is 0 Å². The molecule has 22 heteroatoms. The van der Waals surface area contributed by atoms with Gasteiger partial charge < -0.3 is 69.5 Å². The van der Waals surface area contributed by atoms with Crippen LogP contribution in [0.5, 0.6) is 0 Å². The zero-order chi connectivity index (χ0) is 70.9. The molecule has 1 spiro atoms. The average molecular weight is 1320 g/mol. The number of aryl methyl sites for hydroxylation is 10. The maximum atomic E-state index is 11.3. The van der Waals surface area contributed by atoms with Gasteiger partial charge in [0.2, 0.25) is 11.2 Å². The number of aliphatic hydroxyl groups excluding tert-OH is 5. The number of aldehydes is 2. The minimum absolute atomic E-state index is 0.0176. The first-order valence-corrected chi connectivity index (χ1v) is 31.4. The lowest BCUT2D eigenvalue weighted by molar-refractivity contribution is -0.169. The minimum Gasteiger partial charge on any atom is -0.481 e. The summed E-state index contributed by atoms with van der Waals surface area (Å²) in [7, 11) is 3.00. The van der Waals surface area contributed by atoms with Gasteiger partial charge in [0.25, 0.3) is 0 Å². The fourth-order valence-electron chi connectivity index (χ4n) is 10.4. The number of benzene rings is 5. The fraction of sp³-hybridized carbons (Fsp3) is 0.466. The number of nitrogens with zero attached hydrogens (tertiary/aromatic N) is 5. The first-order chi connectivity index (χ1) is 45.3. The second-order valence-corrected chi connectivity index (χ2v) is 24.6. The van der Waals surface area contributed by atoms with Gasteiger partial charge in [-0.15, -0.1) is 0 Å². The van der Waals surface area contributed by atoms with Crippen molar-refractivity contribution in [3.63, 3.8) is 0 Å². The molecule has 0 aliphatic carbocycles. The third kappa shape index (κ3) is 21.0. The molecule has 516 valence electrons. The lowest BCUT2D eigenvalue weighted by Crippen LogP contribution is -2.41. The maximum Gasteiger partial charge on any atom is 0.351 e. The van der Waals surface area contributed by atoms with Crippen LogP contribution in [0.2, 0.25) is 0 Å². The number of hydrogen-bond donors (Lipinski definition) is 7. The van der Waals surface area contributed by atoms with E-state index in [4.69, 9.17) is 54.5 Å². The van der Waals surface area contributed by atoms with Crippen molar-refractivity contribution < 1.29 is 83.8 Å². The van der Waals surface area contributed by atoms with Gasteiger partial charge in [-0.1, -0.05) is 93.4 Å². The number of ether oxygens (including phenoxy) is 1. The molecule has 1 saturated heterocycles. The van der Waals surface area contributed by atoms with Gasteiger partial charge in [0, 0.05) is 72.9 Å². The summed E-state index contributed by atoms with van der Waals surface area (Å²) in [5, 5.41) is 77.7. The summed E-state index contributed by atoms with van der Waals surface area (Å²) >= 11 is 0. The molecule has 95 heavy (non-hydrogen) atoms. The van der Waals surface area contributed by atoms with Gasteiger partial charge in [-0.25, -0.2) is 4.79 Å². The molecule has 0 amide bonds. The number of carbonyl (C=O) groups is 4. The molecular weight excluding hydrogens is 1220 g/mol. The van der Waals surface area contributed by atoms with Gasteiger partial charge in [-0.3, -0.25) is 9.59 Å². The summed E-state index contributed by atoms with van der Waals surface area (Å²) in [6.45, 7) is 26.2. The van der Waals surface area contributed by atoms with Crippen molar-refractivity contribution in [1.29, 1.82) is 0 Å². The summed E-state index contributed by atoms with van der Waals surface area (Å²) in [6.07, 6.45) is 5.70. The Morgan fingerprint density at radius 1 is 0.495 bits per heavy atom. The van der Waals surface area contributed by atoms with E-state index in [1.807, 2.05) is 70.2 Å². The number of hydrogen-bond acceptors (Lipinski definition) is 20. The molecular formula is C73H97N5O17. The molecule has 6 heterocycles. The lowest BCUT2D eigenvalue weighted by atomic mass is 9.90. The van der Waals surface area contributed by atoms with E-state index in [0.29, 0.717) is 49.9 Å². The number of rotatable bonds is 15. The van der Waals surface area contributed by atoms with Gasteiger partial charge in [-0.2, -0.15) is 0 Å². The number of carboxylic acids is 2. The molecule has 6 aliphatic rings. The van der Waals surface area contributed by atoms with Crippen LogP contribution in [-0.2, 0) is 48.1 Å². The summed E-state index contributed by atoms with van der Waals surface area (Å²) in [5.41, 5.74) is 17.5. The smallest absolute Gasteiger partial charge is 0.351 e. The van der Waals surface area contributed by atoms with Crippen LogP contribution in [-0.4, -0.2) is 165 Å². The fourth-order valence-corrected chi connectivity index (χ4v) is 10.4. The number of oxime groups is 5. The first kappa shape index (κ1) is 78.9. The molecule has 11 rings (SSSR count). The second-order valence-electron chi connectivity index (χ2n) is 24.6. The molecule has 5 atom stereocenters. The third-order valence-corrected chi connectivity index (χ3v) is 17.5. The number of carboxylic acid groups (broad SMARTS) is 2. The van der Waals surface area contributed by atoms with E-state index in [9.17, 15) is 29.4 Å². The van der Waals surface area contributed by atoms with Crippen LogP contribution in [0.25, 0.3) is 0 Å². The van der Waals surface area contributed by atoms with Crippen molar-refractivity contribution >= 4 is 53.1 Å². The van der Waals surface area contributed by atoms with Crippen molar-refractivity contribution in [3.05, 3.63) is 174 Å². The highest BCUT2D eigenvalue weighted by Crippen LogP contribution is 2.36. The monoisotopic (exact) mass is 1320 g/mol. The second kappa shape index (κ2) is 36.4. The molecule has 1 fully saturated rings. The Hall–Kier alpha value is -8.51. The summed E-state index contributed by atoms with van der Waals surface area (Å²) in [4.78, 5) is 70.3. The number of aliphatic hydroxyl groups is 5. The Bertz CT molecular complexity index is 3590. The minimum atomic E-state index is -1.81. The van der Waals surface area contributed by atoms with Crippen molar-refractivity contribution in [2.45, 2.75) is 175 Å². The van der Waals surface area contributed by atoms with Gasteiger partial charge in [0.15, 0.2) is 17.5 Å². The Morgan fingerprint density at radius 3 is 1.24 bits per heavy atom. The normalized spacial score (nSPS) is 22.1. The molecule has 0 saturated carbocycles. The number of carbonyl (C=O) groups excluding carboxylic acids is 2. The van der Waals surface area contributed by atoms with Crippen LogP contribution in [0.1, 0.15) is 162 Å². The van der Waals surface area contributed by atoms with Gasteiger partial charge in [0.1, 0.15) is 11.9 Å². The predicted molar refractivity (Wildman–Crippen MR) is 366 cm³/mol. The molecule has 0 aromatic heterocycles. The standard InChI is InChI=1S/C14H15NO5.C14H19NO3.C14H15NO3.C14H17NO2.C14H19NO.3CH4O/c1-8-3-4-10(5-9(8)2)11-6-14(13(18)19,20-15-11)7-12(16)17;2*1-10-3-4-12(7-11(10)2)13-8-14(9-17,5-6-16)18-15-13;1-10-3-4-12(7-11(10)2)13-8-14(17-15-13)5-6-16-9-14;1-5-14(4)9-13(15-16-14)12-7-6-10(2)11(3)8-12;3*1-2/h3-5H,6-7H2,1-2H3,(H,16,17)(H,18,19);3-4,7,16-17H,5-6,8-9H2,1-2H3;3-4,6-7,9H,5,8H2,1-2H3;3-4,7H,5-6,8-9H2,1-2H3;6-8H,5,9H2,1-4H3;3*2H,1H3. The zero-order valence-corrected chi connectivity index (χ0v) is 57.7. The van der Waals surface area contributed by atoms with Crippen molar-refractivity contribution in [3.8, 4) is 0 Å². The largest absolute Gasteiger partial charge is 0.481 e. The highest BCUT2D eigenvalue weighted by Gasteiger charge is 2.49. The van der Waals surface area contributed by atoms with E-state index in [2.05, 4.69) is 130 Å². The quantitative estimate of drug-likeness (QED) is 0.0479. The van der Waals surface area contributed by atoms with Crippen molar-refractivity contribution in [2.24, 2.45) is 25.8 Å². The first-order valence-electron chi connectivity index (χ1n) is 31.4. The van der Waals surface area contributed by atoms with Gasteiger partial charge in [-0.05, 0) is 196 Å². The van der Waals surface area contributed by atoms with E-state index < -0.39 is 35.2 Å². The predicted octanol–water partition coefficient (Wildman–Crippen LogP) is 10.2. The summed E-state index contributed by atoms with van der Waals surface area (Å²) in [6, 6.07) is 30.7. The highest BCUT2D eigenvalue weighted by atomic mass is 16.7. The Morgan fingerprint density at radius 2 is 0.884 bits per heavy atom. The molecule has 5 aromatic carbocycles. The van der Waals surface area contributed by atoms with E-state index in [1.165, 1.54) is 50.1 Å². The molecule has 5 unspecified atom stereocenters. The Kier molecular flexibility index (Phi) is 30.2. The maximum absolute atomic E-state index is 11.3. The molecule has 0 bridgehead atoms. The van der Waals surface area contributed by atoms with Crippen molar-refractivity contribution in [2.75, 3.05) is 47.8 Å². The van der Waals surface area contributed by atoms with Crippen LogP contribution in [0.4, 0.5) is 0 Å². The molecule has 22 nitrogen and oxygen atoms in total. The number of aliphatic carboxylic acids is 2. The Labute approximate surface area is 557 Å². The van der Waals surface area contributed by atoms with Crippen LogP contribution in [0, 0.1) is 69.2 Å². The Balaban J connectivity index is 0.000000248. The average Bonchev–Trinajstić information content (AvgIpc) is 1.69. The van der Waals surface area contributed by atoms with E-state index >= 15 is 0 Å². The highest BCUT2D eigenvalue weighted by molar-refractivity contribution is 6.06. The summed E-state index contributed by atoms with van der Waals surface area (Å²) < 4.78 is 5.41. The summed E-state index contributed by atoms with van der Waals surface area (Å²) in [5.74, 6) is -2.55. The van der Waals surface area contributed by atoms with Gasteiger partial charge in [0.05, 0.1) is 61.2 Å². The molecule has 6 aliphatic heterocycles. The zero-order valence-electron chi connectivity index (χ0n) is 57.7. The van der Waals surface area contributed by atoms with E-state index in [-0.39, 0.29) is 37.3 Å². The molecule has 7 N–H and O–H groups in total. The molecule has 0 radical (unpaired) electrons.